The fourth-order valence-corrected chi connectivity index (χ4v) is 2.39. The lowest BCUT2D eigenvalue weighted by Gasteiger charge is -2.10. The maximum atomic E-state index is 11.7. The lowest BCUT2D eigenvalue weighted by atomic mass is 10.1. The van der Waals surface area contributed by atoms with Crippen molar-refractivity contribution in [1.29, 1.82) is 0 Å². The Morgan fingerprint density at radius 3 is 2.95 bits per heavy atom. The summed E-state index contributed by atoms with van der Waals surface area (Å²) in [6, 6.07) is 10.5. The molecule has 20 heavy (non-hydrogen) atoms. The van der Waals surface area contributed by atoms with Crippen LogP contribution in [-0.4, -0.2) is 31.6 Å². The first kappa shape index (κ1) is 15.0. The van der Waals surface area contributed by atoms with Crippen LogP contribution in [0.5, 0.6) is 0 Å². The van der Waals surface area contributed by atoms with Crippen molar-refractivity contribution in [2.45, 2.75) is 38.3 Å². The highest BCUT2D eigenvalue weighted by Crippen LogP contribution is 2.08. The molecule has 110 valence electrons. The van der Waals surface area contributed by atoms with Crippen molar-refractivity contribution in [2.24, 2.45) is 0 Å². The van der Waals surface area contributed by atoms with Gasteiger partial charge in [-0.05, 0) is 31.4 Å². The molecular weight excluding hydrogens is 252 g/mol. The van der Waals surface area contributed by atoms with Crippen molar-refractivity contribution < 1.29 is 9.53 Å². The van der Waals surface area contributed by atoms with Crippen LogP contribution in [0.25, 0.3) is 0 Å². The Morgan fingerprint density at radius 1 is 1.35 bits per heavy atom. The van der Waals surface area contributed by atoms with Crippen molar-refractivity contribution in [3.05, 3.63) is 35.9 Å². The van der Waals surface area contributed by atoms with Gasteiger partial charge >= 0.3 is 0 Å². The van der Waals surface area contributed by atoms with E-state index in [-0.39, 0.29) is 5.91 Å². The predicted octanol–water partition coefficient (Wildman–Crippen LogP) is 1.85. The van der Waals surface area contributed by atoms with Gasteiger partial charge in [0.05, 0.1) is 6.61 Å². The third-order valence-electron chi connectivity index (χ3n) is 3.49. The minimum atomic E-state index is 0.146. The fourth-order valence-electron chi connectivity index (χ4n) is 2.39. The van der Waals surface area contributed by atoms with Crippen molar-refractivity contribution in [3.63, 3.8) is 0 Å². The first-order valence-electron chi connectivity index (χ1n) is 7.46. The molecule has 1 aliphatic rings. The number of ether oxygens (including phenoxy) is 1. The predicted molar refractivity (Wildman–Crippen MR) is 79.4 cm³/mol. The highest BCUT2D eigenvalue weighted by Gasteiger charge is 2.16. The van der Waals surface area contributed by atoms with Crippen LogP contribution in [0.15, 0.2) is 30.3 Å². The van der Waals surface area contributed by atoms with Crippen LogP contribution in [0.2, 0.25) is 0 Å². The summed E-state index contributed by atoms with van der Waals surface area (Å²) in [5, 5.41) is 6.28. The normalized spacial score (nSPS) is 18.1. The SMILES string of the molecule is O=C(CC1CCCN1)NCCCOCc1ccccc1. The highest BCUT2D eigenvalue weighted by molar-refractivity contribution is 5.76. The molecule has 1 aliphatic heterocycles. The first-order chi connectivity index (χ1) is 9.84. The largest absolute Gasteiger partial charge is 0.377 e. The van der Waals surface area contributed by atoms with Gasteiger partial charge in [-0.2, -0.15) is 0 Å². The molecule has 0 radical (unpaired) electrons. The van der Waals surface area contributed by atoms with Gasteiger partial charge in [0.25, 0.3) is 0 Å². The molecule has 2 N–H and O–H groups in total. The van der Waals surface area contributed by atoms with Crippen LogP contribution >= 0.6 is 0 Å². The summed E-state index contributed by atoms with van der Waals surface area (Å²) in [5.41, 5.74) is 1.18. The number of rotatable bonds is 8. The lowest BCUT2D eigenvalue weighted by molar-refractivity contribution is -0.121. The minimum absolute atomic E-state index is 0.146. The molecule has 2 rings (SSSR count). The maximum Gasteiger partial charge on any atom is 0.221 e. The summed E-state index contributed by atoms with van der Waals surface area (Å²) in [5.74, 6) is 0.146. The quantitative estimate of drug-likeness (QED) is 0.713. The van der Waals surface area contributed by atoms with Gasteiger partial charge in [-0.1, -0.05) is 30.3 Å². The average molecular weight is 276 g/mol. The van der Waals surface area contributed by atoms with E-state index in [1.54, 1.807) is 0 Å². The second-order valence-corrected chi connectivity index (χ2v) is 5.24. The summed E-state index contributed by atoms with van der Waals surface area (Å²) < 4.78 is 5.57. The first-order valence-corrected chi connectivity index (χ1v) is 7.46. The monoisotopic (exact) mass is 276 g/mol. The molecule has 1 heterocycles. The zero-order valence-electron chi connectivity index (χ0n) is 11.9. The Morgan fingerprint density at radius 2 is 2.20 bits per heavy atom. The number of carbonyl (C=O) groups is 1. The molecule has 4 nitrogen and oxygen atoms in total. The van der Waals surface area contributed by atoms with E-state index in [4.69, 9.17) is 4.74 Å². The Balaban J connectivity index is 1.46. The second-order valence-electron chi connectivity index (χ2n) is 5.24. The van der Waals surface area contributed by atoms with Gasteiger partial charge in [-0.25, -0.2) is 0 Å². The van der Waals surface area contributed by atoms with Gasteiger partial charge in [0.1, 0.15) is 0 Å². The zero-order chi connectivity index (χ0) is 14.0. The van der Waals surface area contributed by atoms with E-state index in [9.17, 15) is 4.79 Å². The van der Waals surface area contributed by atoms with E-state index in [0.717, 1.165) is 19.4 Å². The summed E-state index contributed by atoms with van der Waals surface area (Å²) in [7, 11) is 0. The molecule has 0 aliphatic carbocycles. The van der Waals surface area contributed by atoms with Crippen molar-refractivity contribution >= 4 is 5.91 Å². The average Bonchev–Trinajstić information content (AvgIpc) is 2.96. The van der Waals surface area contributed by atoms with E-state index in [1.807, 2.05) is 18.2 Å². The lowest BCUT2D eigenvalue weighted by Crippen LogP contribution is -2.32. The van der Waals surface area contributed by atoms with E-state index >= 15 is 0 Å². The maximum absolute atomic E-state index is 11.7. The molecule has 1 unspecified atom stereocenters. The van der Waals surface area contributed by atoms with Crippen LogP contribution in [0.4, 0.5) is 0 Å². The van der Waals surface area contributed by atoms with Crippen LogP contribution in [0, 0.1) is 0 Å². The summed E-state index contributed by atoms with van der Waals surface area (Å²) in [4.78, 5) is 11.7. The number of hydrogen-bond acceptors (Lipinski definition) is 3. The van der Waals surface area contributed by atoms with Crippen molar-refractivity contribution in [1.82, 2.24) is 10.6 Å². The molecular formula is C16H24N2O2. The molecule has 1 saturated heterocycles. The topological polar surface area (TPSA) is 50.4 Å². The van der Waals surface area contributed by atoms with Gasteiger partial charge < -0.3 is 15.4 Å². The Kier molecular flexibility index (Phi) is 6.54. The molecule has 1 atom stereocenters. The number of amides is 1. The number of benzene rings is 1. The van der Waals surface area contributed by atoms with Crippen LogP contribution in [-0.2, 0) is 16.1 Å². The van der Waals surface area contributed by atoms with Gasteiger partial charge in [0, 0.05) is 25.6 Å². The summed E-state index contributed by atoms with van der Waals surface area (Å²) in [6.45, 7) is 3.06. The molecule has 1 aromatic carbocycles. The number of nitrogens with one attached hydrogen (secondary N) is 2. The molecule has 1 fully saturated rings. The van der Waals surface area contributed by atoms with Crippen LogP contribution in [0.3, 0.4) is 0 Å². The van der Waals surface area contributed by atoms with Gasteiger partial charge in [-0.3, -0.25) is 4.79 Å². The summed E-state index contributed by atoms with van der Waals surface area (Å²) >= 11 is 0. The van der Waals surface area contributed by atoms with E-state index in [2.05, 4.69) is 22.8 Å². The van der Waals surface area contributed by atoms with Crippen LogP contribution < -0.4 is 10.6 Å². The standard InChI is InChI=1S/C16H24N2O2/c19-16(12-15-8-4-9-17-15)18-10-5-11-20-13-14-6-2-1-3-7-14/h1-3,6-7,15,17H,4-5,8-13H2,(H,18,19). The minimum Gasteiger partial charge on any atom is -0.377 e. The zero-order valence-corrected chi connectivity index (χ0v) is 11.9. The van der Waals surface area contributed by atoms with Gasteiger partial charge in [-0.15, -0.1) is 0 Å². The molecule has 0 aromatic heterocycles. The fraction of sp³-hybridized carbons (Fsp3) is 0.562. The Labute approximate surface area is 120 Å². The summed E-state index contributed by atoms with van der Waals surface area (Å²) in [6.07, 6.45) is 3.76. The van der Waals surface area contributed by atoms with Crippen molar-refractivity contribution in [3.8, 4) is 0 Å². The highest BCUT2D eigenvalue weighted by atomic mass is 16.5. The second kappa shape index (κ2) is 8.72. The Bertz CT molecular complexity index is 389. The third-order valence-corrected chi connectivity index (χ3v) is 3.49. The van der Waals surface area contributed by atoms with E-state index in [1.165, 1.54) is 12.0 Å². The Hall–Kier alpha value is -1.39. The van der Waals surface area contributed by atoms with E-state index < -0.39 is 0 Å². The smallest absolute Gasteiger partial charge is 0.221 e. The molecule has 4 heteroatoms. The van der Waals surface area contributed by atoms with Crippen molar-refractivity contribution in [2.75, 3.05) is 19.7 Å². The number of hydrogen-bond donors (Lipinski definition) is 2. The molecule has 0 saturated carbocycles. The van der Waals surface area contributed by atoms with Crippen LogP contribution in [0.1, 0.15) is 31.2 Å². The van der Waals surface area contributed by atoms with Gasteiger partial charge in [0.15, 0.2) is 0 Å². The molecule has 1 aromatic rings. The third kappa shape index (κ3) is 5.72. The van der Waals surface area contributed by atoms with E-state index in [0.29, 0.717) is 32.2 Å². The van der Waals surface area contributed by atoms with Gasteiger partial charge in [0.2, 0.25) is 5.91 Å². The molecule has 1 amide bonds. The molecule has 0 spiro atoms. The molecule has 0 bridgehead atoms. The number of carbonyl (C=O) groups excluding carboxylic acids is 1.